The van der Waals surface area contributed by atoms with Crippen LogP contribution in [0.2, 0.25) is 0 Å². The topological polar surface area (TPSA) is 75.0 Å². The second-order valence-electron chi connectivity index (χ2n) is 5.00. The van der Waals surface area contributed by atoms with E-state index in [9.17, 15) is 9.59 Å². The van der Waals surface area contributed by atoms with E-state index in [4.69, 9.17) is 4.74 Å². The molecular weight excluding hydrogens is 256 g/mol. The molecule has 1 aromatic carbocycles. The molecular formula is C15H18N2O3. The molecule has 5 nitrogen and oxygen atoms in total. The zero-order chi connectivity index (χ0) is 14.7. The molecule has 0 fully saturated rings. The highest BCUT2D eigenvalue weighted by atomic mass is 16.5. The molecule has 0 saturated heterocycles. The number of hydrogen-bond acceptors (Lipinski definition) is 3. The lowest BCUT2D eigenvalue weighted by molar-refractivity contribution is 0.242. The van der Waals surface area contributed by atoms with Crippen molar-refractivity contribution in [3.8, 4) is 5.75 Å². The van der Waals surface area contributed by atoms with Crippen molar-refractivity contribution in [3.05, 3.63) is 61.9 Å². The zero-order valence-electron chi connectivity index (χ0n) is 11.8. The van der Waals surface area contributed by atoms with Crippen LogP contribution in [-0.2, 0) is 6.42 Å². The van der Waals surface area contributed by atoms with E-state index in [0.717, 1.165) is 11.3 Å². The van der Waals surface area contributed by atoms with Crippen molar-refractivity contribution in [1.82, 2.24) is 9.97 Å². The van der Waals surface area contributed by atoms with Gasteiger partial charge < -0.3 is 9.72 Å². The number of ether oxygens (including phenoxy) is 1. The Morgan fingerprint density at radius 1 is 1.20 bits per heavy atom. The van der Waals surface area contributed by atoms with Crippen LogP contribution in [-0.4, -0.2) is 16.1 Å². The first-order valence-electron chi connectivity index (χ1n) is 6.53. The number of hydrogen-bond donors (Lipinski definition) is 2. The summed E-state index contributed by atoms with van der Waals surface area (Å²) in [6.07, 6.45) is 0.552. The van der Waals surface area contributed by atoms with Crippen LogP contribution in [0.25, 0.3) is 0 Å². The Morgan fingerprint density at radius 2 is 1.95 bits per heavy atom. The van der Waals surface area contributed by atoms with Gasteiger partial charge in [-0.25, -0.2) is 4.79 Å². The molecule has 0 atom stereocenters. The Hall–Kier alpha value is -2.30. The van der Waals surface area contributed by atoms with Crippen molar-refractivity contribution in [2.45, 2.75) is 33.3 Å². The van der Waals surface area contributed by atoms with Crippen LogP contribution in [0.1, 0.15) is 30.7 Å². The van der Waals surface area contributed by atoms with E-state index in [1.807, 2.05) is 38.1 Å². The average Bonchev–Trinajstić information content (AvgIpc) is 2.33. The van der Waals surface area contributed by atoms with Crippen molar-refractivity contribution in [3.63, 3.8) is 0 Å². The predicted molar refractivity (Wildman–Crippen MR) is 77.4 cm³/mol. The lowest BCUT2D eigenvalue weighted by Crippen LogP contribution is -2.27. The summed E-state index contributed by atoms with van der Waals surface area (Å²) in [5, 5.41) is 0. The Kier molecular flexibility index (Phi) is 4.08. The van der Waals surface area contributed by atoms with Crippen LogP contribution in [0.4, 0.5) is 0 Å². The molecule has 2 N–H and O–H groups in total. The van der Waals surface area contributed by atoms with E-state index in [1.165, 1.54) is 0 Å². The fraction of sp³-hybridized carbons (Fsp3) is 0.333. The maximum Gasteiger partial charge on any atom is 0.325 e. The Labute approximate surface area is 116 Å². The van der Waals surface area contributed by atoms with Gasteiger partial charge in [0.1, 0.15) is 5.75 Å². The third kappa shape index (κ3) is 3.38. The molecule has 106 valence electrons. The summed E-state index contributed by atoms with van der Waals surface area (Å²) in [6, 6.07) is 7.61. The van der Waals surface area contributed by atoms with Crippen LogP contribution < -0.4 is 16.0 Å². The Bertz CT molecular complexity index is 714. The standard InChI is InChI=1S/C15H18N2O3/c1-9(2)20-12-6-4-5-11(7-12)8-13-10(3)16-15(19)17-14(13)18/h4-7,9H,8H2,1-3H3,(H2,16,17,18,19). The summed E-state index contributed by atoms with van der Waals surface area (Å²) in [7, 11) is 0. The number of nitrogens with one attached hydrogen (secondary N) is 2. The Balaban J connectivity index is 2.31. The minimum atomic E-state index is -0.479. The lowest BCUT2D eigenvalue weighted by atomic mass is 10.0. The van der Waals surface area contributed by atoms with Crippen LogP contribution in [0.15, 0.2) is 33.9 Å². The first kappa shape index (κ1) is 14.1. The first-order valence-corrected chi connectivity index (χ1v) is 6.53. The summed E-state index contributed by atoms with van der Waals surface area (Å²) in [4.78, 5) is 27.8. The van der Waals surface area contributed by atoms with Crippen molar-refractivity contribution >= 4 is 0 Å². The van der Waals surface area contributed by atoms with Gasteiger partial charge in [-0.1, -0.05) is 12.1 Å². The molecule has 0 saturated carbocycles. The number of aromatic amines is 2. The SMILES string of the molecule is Cc1[nH]c(=O)[nH]c(=O)c1Cc1cccc(OC(C)C)c1. The molecule has 1 aromatic heterocycles. The van der Waals surface area contributed by atoms with Crippen LogP contribution in [0, 0.1) is 6.92 Å². The second-order valence-corrected chi connectivity index (χ2v) is 5.00. The lowest BCUT2D eigenvalue weighted by Gasteiger charge is -2.11. The van der Waals surface area contributed by atoms with Gasteiger partial charge in [0.15, 0.2) is 0 Å². The highest BCUT2D eigenvalue weighted by Gasteiger charge is 2.08. The van der Waals surface area contributed by atoms with E-state index in [0.29, 0.717) is 17.7 Å². The fourth-order valence-electron chi connectivity index (χ4n) is 2.04. The minimum absolute atomic E-state index is 0.100. The minimum Gasteiger partial charge on any atom is -0.491 e. The average molecular weight is 274 g/mol. The van der Waals surface area contributed by atoms with Gasteiger partial charge in [-0.2, -0.15) is 0 Å². The van der Waals surface area contributed by atoms with Gasteiger partial charge in [0.2, 0.25) is 0 Å². The quantitative estimate of drug-likeness (QED) is 0.892. The zero-order valence-corrected chi connectivity index (χ0v) is 11.8. The van der Waals surface area contributed by atoms with Gasteiger partial charge >= 0.3 is 5.69 Å². The van der Waals surface area contributed by atoms with Gasteiger partial charge in [0.25, 0.3) is 5.56 Å². The van der Waals surface area contributed by atoms with Gasteiger partial charge in [-0.15, -0.1) is 0 Å². The molecule has 0 spiro atoms. The van der Waals surface area contributed by atoms with E-state index < -0.39 is 5.69 Å². The maximum absolute atomic E-state index is 11.8. The van der Waals surface area contributed by atoms with Gasteiger partial charge in [0, 0.05) is 17.7 Å². The molecule has 0 aliphatic heterocycles. The third-order valence-electron chi connectivity index (χ3n) is 2.91. The molecule has 2 aromatic rings. The molecule has 0 radical (unpaired) electrons. The summed E-state index contributed by atoms with van der Waals surface area (Å²) in [5.41, 5.74) is 1.29. The number of benzene rings is 1. The molecule has 0 amide bonds. The first-order chi connectivity index (χ1) is 9.45. The fourth-order valence-corrected chi connectivity index (χ4v) is 2.04. The van der Waals surface area contributed by atoms with E-state index in [-0.39, 0.29) is 11.7 Å². The molecule has 0 bridgehead atoms. The summed E-state index contributed by atoms with van der Waals surface area (Å²) in [5.74, 6) is 0.774. The predicted octanol–water partition coefficient (Wildman–Crippen LogP) is 1.75. The largest absolute Gasteiger partial charge is 0.491 e. The number of H-pyrrole nitrogens is 2. The number of aryl methyl sites for hydroxylation is 1. The van der Waals surface area contributed by atoms with Gasteiger partial charge in [-0.05, 0) is 38.5 Å². The normalized spacial score (nSPS) is 10.8. The highest BCUT2D eigenvalue weighted by molar-refractivity contribution is 5.33. The van der Waals surface area contributed by atoms with E-state index in [2.05, 4.69) is 9.97 Å². The van der Waals surface area contributed by atoms with Gasteiger partial charge in [0.05, 0.1) is 6.10 Å². The van der Waals surface area contributed by atoms with E-state index >= 15 is 0 Å². The molecule has 5 heteroatoms. The molecule has 0 aliphatic carbocycles. The number of aromatic nitrogens is 2. The second kappa shape index (κ2) is 5.77. The molecule has 2 rings (SSSR count). The third-order valence-corrected chi connectivity index (χ3v) is 2.91. The Morgan fingerprint density at radius 3 is 2.60 bits per heavy atom. The van der Waals surface area contributed by atoms with Crippen LogP contribution in [0.5, 0.6) is 5.75 Å². The monoisotopic (exact) mass is 274 g/mol. The summed E-state index contributed by atoms with van der Waals surface area (Å²) in [6.45, 7) is 5.65. The highest BCUT2D eigenvalue weighted by Crippen LogP contribution is 2.17. The molecule has 0 unspecified atom stereocenters. The van der Waals surface area contributed by atoms with Crippen molar-refractivity contribution in [2.75, 3.05) is 0 Å². The number of rotatable bonds is 4. The van der Waals surface area contributed by atoms with Gasteiger partial charge in [-0.3, -0.25) is 9.78 Å². The van der Waals surface area contributed by atoms with Crippen LogP contribution >= 0.6 is 0 Å². The van der Waals surface area contributed by atoms with Crippen LogP contribution in [0.3, 0.4) is 0 Å². The molecule has 1 heterocycles. The summed E-state index contributed by atoms with van der Waals surface area (Å²) >= 11 is 0. The van der Waals surface area contributed by atoms with E-state index in [1.54, 1.807) is 6.92 Å². The smallest absolute Gasteiger partial charge is 0.325 e. The molecule has 0 aliphatic rings. The summed E-state index contributed by atoms with van der Waals surface area (Å²) < 4.78 is 5.63. The van der Waals surface area contributed by atoms with Crippen molar-refractivity contribution in [2.24, 2.45) is 0 Å². The van der Waals surface area contributed by atoms with Crippen molar-refractivity contribution < 1.29 is 4.74 Å². The molecule has 20 heavy (non-hydrogen) atoms. The maximum atomic E-state index is 11.8. The van der Waals surface area contributed by atoms with Crippen molar-refractivity contribution in [1.29, 1.82) is 0 Å².